The lowest BCUT2D eigenvalue weighted by atomic mass is 9.54. The zero-order valence-corrected chi connectivity index (χ0v) is 15.1. The number of aromatic hydroxyl groups is 1. The van der Waals surface area contributed by atoms with Crippen molar-refractivity contribution in [1.82, 2.24) is 5.32 Å². The summed E-state index contributed by atoms with van der Waals surface area (Å²) in [5, 5.41) is 13.1. The van der Waals surface area contributed by atoms with Crippen LogP contribution < -0.4 is 5.32 Å². The van der Waals surface area contributed by atoms with Gasteiger partial charge in [-0.3, -0.25) is 4.79 Å². The van der Waals surface area contributed by atoms with Gasteiger partial charge in [0.05, 0.1) is 0 Å². The molecule has 3 nitrogen and oxygen atoms in total. The number of phenolic OH excluding ortho intramolecular Hbond substituents is 1. The molecule has 4 aliphatic rings. The second kappa shape index (κ2) is 5.49. The SMILES string of the molecule is C[C@@]12CC[C@H](C(=O)NC3CC3)[C@H]1[C@@H]1CCc3cc(O)ccc3[C@H]1CC2. The van der Waals surface area contributed by atoms with Crippen molar-refractivity contribution in [2.75, 3.05) is 0 Å². The Balaban J connectivity index is 1.46. The molecule has 5 atom stereocenters. The smallest absolute Gasteiger partial charge is 0.223 e. The molecule has 134 valence electrons. The van der Waals surface area contributed by atoms with E-state index in [2.05, 4.69) is 18.3 Å². The van der Waals surface area contributed by atoms with Crippen LogP contribution in [0.25, 0.3) is 0 Å². The van der Waals surface area contributed by atoms with Crippen molar-refractivity contribution in [3.8, 4) is 5.75 Å². The molecule has 1 aromatic rings. The molecule has 1 aromatic carbocycles. The first kappa shape index (κ1) is 15.7. The standard InChI is InChI=1S/C22H29NO2/c1-22-10-8-17-16-7-5-15(24)12-13(16)2-6-18(17)20(22)19(9-11-22)21(25)23-14-3-4-14/h5,7,12,14,17-20,24H,2-4,6,8-11H2,1H3,(H,23,25)/t17-,18-,19+,20-,22-/m1/s1. The Morgan fingerprint density at radius 1 is 1.16 bits per heavy atom. The van der Waals surface area contributed by atoms with Crippen molar-refractivity contribution in [1.29, 1.82) is 0 Å². The fraction of sp³-hybridized carbons (Fsp3) is 0.682. The van der Waals surface area contributed by atoms with Crippen LogP contribution in [0.4, 0.5) is 0 Å². The topological polar surface area (TPSA) is 49.3 Å². The van der Waals surface area contributed by atoms with Crippen LogP contribution >= 0.6 is 0 Å². The highest BCUT2D eigenvalue weighted by molar-refractivity contribution is 5.80. The predicted octanol–water partition coefficient (Wildman–Crippen LogP) is 4.14. The third kappa shape index (κ3) is 2.50. The van der Waals surface area contributed by atoms with E-state index in [1.807, 2.05) is 12.1 Å². The number of benzene rings is 1. The van der Waals surface area contributed by atoms with E-state index < -0.39 is 0 Å². The number of carbonyl (C=O) groups excluding carboxylic acids is 1. The Hall–Kier alpha value is -1.51. The van der Waals surface area contributed by atoms with Crippen molar-refractivity contribution in [3.05, 3.63) is 29.3 Å². The van der Waals surface area contributed by atoms with E-state index in [9.17, 15) is 9.90 Å². The van der Waals surface area contributed by atoms with Gasteiger partial charge in [-0.15, -0.1) is 0 Å². The third-order valence-corrected chi connectivity index (χ3v) is 7.80. The van der Waals surface area contributed by atoms with E-state index in [0.29, 0.717) is 40.9 Å². The van der Waals surface area contributed by atoms with E-state index >= 15 is 0 Å². The number of amides is 1. The first-order chi connectivity index (χ1) is 12.0. The second-order valence-electron chi connectivity index (χ2n) is 9.34. The number of nitrogens with one attached hydrogen (secondary N) is 1. The molecule has 0 radical (unpaired) electrons. The Labute approximate surface area is 150 Å². The van der Waals surface area contributed by atoms with E-state index in [1.54, 1.807) is 0 Å². The summed E-state index contributed by atoms with van der Waals surface area (Å²) in [6.45, 7) is 2.45. The largest absolute Gasteiger partial charge is 0.508 e. The Bertz CT molecular complexity index is 710. The highest BCUT2D eigenvalue weighted by Gasteiger charge is 2.56. The first-order valence-electron chi connectivity index (χ1n) is 10.2. The maximum absolute atomic E-state index is 12.9. The van der Waals surface area contributed by atoms with Crippen LogP contribution in [0.1, 0.15) is 68.9 Å². The third-order valence-electron chi connectivity index (χ3n) is 7.80. The van der Waals surface area contributed by atoms with Gasteiger partial charge in [-0.25, -0.2) is 0 Å². The Morgan fingerprint density at radius 2 is 1.96 bits per heavy atom. The van der Waals surface area contributed by atoms with E-state index in [4.69, 9.17) is 0 Å². The minimum atomic E-state index is 0.220. The molecule has 5 rings (SSSR count). The fourth-order valence-corrected chi connectivity index (χ4v) is 6.46. The summed E-state index contributed by atoms with van der Waals surface area (Å²) in [6, 6.07) is 6.43. The van der Waals surface area contributed by atoms with Gasteiger partial charge in [0.1, 0.15) is 5.75 Å². The van der Waals surface area contributed by atoms with Crippen LogP contribution in [-0.4, -0.2) is 17.1 Å². The molecule has 4 aliphatic carbocycles. The molecule has 0 saturated heterocycles. The van der Waals surface area contributed by atoms with Crippen molar-refractivity contribution in [2.45, 2.75) is 70.3 Å². The number of phenols is 1. The summed E-state index contributed by atoms with van der Waals surface area (Å²) in [6.07, 6.45) is 9.34. The summed E-state index contributed by atoms with van der Waals surface area (Å²) in [4.78, 5) is 12.9. The quantitative estimate of drug-likeness (QED) is 0.850. The summed E-state index contributed by atoms with van der Waals surface area (Å²) in [5.74, 6) is 2.70. The van der Waals surface area contributed by atoms with Gasteiger partial charge in [-0.1, -0.05) is 13.0 Å². The predicted molar refractivity (Wildman–Crippen MR) is 97.4 cm³/mol. The molecular weight excluding hydrogens is 310 g/mol. The molecule has 0 heterocycles. The van der Waals surface area contributed by atoms with Crippen LogP contribution in [-0.2, 0) is 11.2 Å². The van der Waals surface area contributed by atoms with E-state index in [1.165, 1.54) is 49.7 Å². The van der Waals surface area contributed by atoms with Gasteiger partial charge in [0.2, 0.25) is 5.91 Å². The summed E-state index contributed by atoms with van der Waals surface area (Å²) in [7, 11) is 0. The number of hydrogen-bond donors (Lipinski definition) is 2. The number of fused-ring (bicyclic) bond motifs is 5. The Morgan fingerprint density at radius 3 is 2.76 bits per heavy atom. The molecule has 0 aliphatic heterocycles. The zero-order valence-electron chi connectivity index (χ0n) is 15.1. The minimum Gasteiger partial charge on any atom is -0.508 e. The van der Waals surface area contributed by atoms with Gasteiger partial charge < -0.3 is 10.4 Å². The van der Waals surface area contributed by atoms with E-state index in [-0.39, 0.29) is 5.92 Å². The second-order valence-corrected chi connectivity index (χ2v) is 9.34. The lowest BCUT2D eigenvalue weighted by Crippen LogP contribution is -2.46. The first-order valence-corrected chi connectivity index (χ1v) is 10.2. The number of rotatable bonds is 2. The molecule has 3 saturated carbocycles. The Kier molecular flexibility index (Phi) is 3.45. The molecule has 25 heavy (non-hydrogen) atoms. The van der Waals surface area contributed by atoms with Crippen LogP contribution in [0.2, 0.25) is 0 Å². The van der Waals surface area contributed by atoms with Gasteiger partial charge in [0.25, 0.3) is 0 Å². The molecule has 0 spiro atoms. The average molecular weight is 339 g/mol. The maximum atomic E-state index is 12.9. The lowest BCUT2D eigenvalue weighted by Gasteiger charge is -2.50. The maximum Gasteiger partial charge on any atom is 0.223 e. The van der Waals surface area contributed by atoms with Crippen molar-refractivity contribution in [2.24, 2.45) is 23.2 Å². The van der Waals surface area contributed by atoms with Gasteiger partial charge >= 0.3 is 0 Å². The summed E-state index contributed by atoms with van der Waals surface area (Å²) < 4.78 is 0. The van der Waals surface area contributed by atoms with Crippen LogP contribution in [0.5, 0.6) is 5.75 Å². The molecule has 2 N–H and O–H groups in total. The van der Waals surface area contributed by atoms with Crippen LogP contribution in [0, 0.1) is 23.2 Å². The molecule has 0 unspecified atom stereocenters. The molecule has 3 heteroatoms. The summed E-state index contributed by atoms with van der Waals surface area (Å²) in [5.41, 5.74) is 3.13. The molecule has 1 amide bonds. The number of aryl methyl sites for hydroxylation is 1. The molecule has 0 bridgehead atoms. The van der Waals surface area contributed by atoms with Crippen molar-refractivity contribution in [3.63, 3.8) is 0 Å². The number of carbonyl (C=O) groups is 1. The molecule has 3 fully saturated rings. The lowest BCUT2D eigenvalue weighted by molar-refractivity contribution is -0.128. The van der Waals surface area contributed by atoms with Crippen molar-refractivity contribution >= 4 is 5.91 Å². The molecule has 0 aromatic heterocycles. The summed E-state index contributed by atoms with van der Waals surface area (Å²) >= 11 is 0. The van der Waals surface area contributed by atoms with Gasteiger partial charge in [-0.2, -0.15) is 0 Å². The highest BCUT2D eigenvalue weighted by atomic mass is 16.3. The normalized spacial score (nSPS) is 39.2. The highest BCUT2D eigenvalue weighted by Crippen LogP contribution is 2.62. The van der Waals surface area contributed by atoms with Gasteiger partial charge in [0, 0.05) is 12.0 Å². The average Bonchev–Trinajstić information content (AvgIpc) is 3.32. The van der Waals surface area contributed by atoms with Gasteiger partial charge in [-0.05, 0) is 97.8 Å². The molecular formula is C22H29NO2. The zero-order chi connectivity index (χ0) is 17.2. The number of hydrogen-bond acceptors (Lipinski definition) is 2. The van der Waals surface area contributed by atoms with Crippen molar-refractivity contribution < 1.29 is 9.90 Å². The van der Waals surface area contributed by atoms with Gasteiger partial charge in [0.15, 0.2) is 0 Å². The van der Waals surface area contributed by atoms with Crippen LogP contribution in [0.3, 0.4) is 0 Å². The van der Waals surface area contributed by atoms with Crippen LogP contribution in [0.15, 0.2) is 18.2 Å². The minimum absolute atomic E-state index is 0.220. The van der Waals surface area contributed by atoms with E-state index in [0.717, 1.165) is 12.8 Å². The fourth-order valence-electron chi connectivity index (χ4n) is 6.46. The monoisotopic (exact) mass is 339 g/mol.